The highest BCUT2D eigenvalue weighted by Gasteiger charge is 2.21. The summed E-state index contributed by atoms with van der Waals surface area (Å²) in [7, 11) is 0. The molecule has 1 amide bonds. The second-order valence-electron chi connectivity index (χ2n) is 7.49. The number of nitrogens with zero attached hydrogens (tertiary/aromatic N) is 3. The Morgan fingerprint density at radius 2 is 1.62 bits per heavy atom. The molecule has 0 radical (unpaired) electrons. The van der Waals surface area contributed by atoms with Crippen LogP contribution in [0.1, 0.15) is 95.2 Å². The van der Waals surface area contributed by atoms with E-state index in [2.05, 4.69) is 17.1 Å². The van der Waals surface area contributed by atoms with E-state index in [4.69, 9.17) is 11.6 Å². The Balaban J connectivity index is 1.51. The fraction of sp³-hybridized carbons (Fsp3) is 0.762. The molecule has 0 atom stereocenters. The number of rotatable bonds is 12. The molecule has 1 aliphatic heterocycles. The van der Waals surface area contributed by atoms with Gasteiger partial charge in [-0.15, -0.1) is 5.10 Å². The third-order valence-corrected chi connectivity index (χ3v) is 5.44. The molecule has 4 nitrogen and oxygen atoms in total. The number of carbonyl (C=O) groups is 1. The Morgan fingerprint density at radius 1 is 1.00 bits per heavy atom. The lowest BCUT2D eigenvalue weighted by Gasteiger charge is -2.28. The lowest BCUT2D eigenvalue weighted by molar-refractivity contribution is -0.132. The summed E-state index contributed by atoms with van der Waals surface area (Å²) in [6, 6.07) is 1.84. The summed E-state index contributed by atoms with van der Waals surface area (Å²) in [5.74, 6) is 0.263. The molecule has 0 aliphatic carbocycles. The van der Waals surface area contributed by atoms with Crippen molar-refractivity contribution in [3.63, 3.8) is 0 Å². The topological polar surface area (TPSA) is 46.1 Å². The van der Waals surface area contributed by atoms with Crippen LogP contribution in [0.15, 0.2) is 6.07 Å². The fourth-order valence-corrected chi connectivity index (χ4v) is 3.78. The van der Waals surface area contributed by atoms with E-state index in [-0.39, 0.29) is 5.91 Å². The molecule has 5 heteroatoms. The van der Waals surface area contributed by atoms with Crippen molar-refractivity contribution in [3.8, 4) is 0 Å². The summed E-state index contributed by atoms with van der Waals surface area (Å²) in [5.41, 5.74) is 2.02. The van der Waals surface area contributed by atoms with Gasteiger partial charge in [0.25, 0.3) is 0 Å². The molecule has 0 N–H and O–H groups in total. The highest BCUT2D eigenvalue weighted by molar-refractivity contribution is 6.29. The molecule has 1 aromatic rings. The number of aromatic nitrogens is 2. The van der Waals surface area contributed by atoms with Crippen LogP contribution in [0, 0.1) is 0 Å². The zero-order valence-electron chi connectivity index (χ0n) is 16.3. The van der Waals surface area contributed by atoms with Gasteiger partial charge in [-0.05, 0) is 18.1 Å². The van der Waals surface area contributed by atoms with Crippen molar-refractivity contribution in [1.82, 2.24) is 15.1 Å². The number of carbonyl (C=O) groups excluding carboxylic acids is 1. The Morgan fingerprint density at radius 3 is 2.27 bits per heavy atom. The standard InChI is InChI=1S/C21H34ClN3O/c1-2-3-4-5-6-7-8-9-10-11-12-13-21(26)25-15-14-19-18(17-25)16-20(22)24-23-19/h16H,2-15,17H2,1H3. The SMILES string of the molecule is CCCCCCCCCCCCCC(=O)N1CCc2nnc(Cl)cc2C1. The number of halogens is 1. The lowest BCUT2D eigenvalue weighted by Crippen LogP contribution is -2.36. The maximum Gasteiger partial charge on any atom is 0.222 e. The smallest absolute Gasteiger partial charge is 0.222 e. The first-order chi connectivity index (χ1) is 12.7. The van der Waals surface area contributed by atoms with Gasteiger partial charge in [-0.3, -0.25) is 4.79 Å². The number of unbranched alkanes of at least 4 members (excludes halogenated alkanes) is 10. The third-order valence-electron chi connectivity index (χ3n) is 5.26. The molecule has 0 unspecified atom stereocenters. The average Bonchev–Trinajstić information content (AvgIpc) is 2.65. The minimum absolute atomic E-state index is 0.263. The Bertz CT molecular complexity index is 550. The number of fused-ring (bicyclic) bond motifs is 1. The van der Waals surface area contributed by atoms with Crippen molar-refractivity contribution in [2.24, 2.45) is 0 Å². The van der Waals surface area contributed by atoms with E-state index < -0.39 is 0 Å². The molecular weight excluding hydrogens is 346 g/mol. The van der Waals surface area contributed by atoms with Crippen molar-refractivity contribution >= 4 is 17.5 Å². The Kier molecular flexibility index (Phi) is 9.98. The quantitative estimate of drug-likeness (QED) is 0.436. The van der Waals surface area contributed by atoms with Crippen LogP contribution in [-0.4, -0.2) is 27.5 Å². The van der Waals surface area contributed by atoms with Crippen LogP contribution in [0.25, 0.3) is 0 Å². The molecule has 0 bridgehead atoms. The van der Waals surface area contributed by atoms with Gasteiger partial charge in [-0.2, -0.15) is 5.10 Å². The van der Waals surface area contributed by atoms with Crippen LogP contribution in [-0.2, 0) is 17.8 Å². The van der Waals surface area contributed by atoms with E-state index in [0.29, 0.717) is 18.1 Å². The van der Waals surface area contributed by atoms with Crippen molar-refractivity contribution in [2.75, 3.05) is 6.54 Å². The van der Waals surface area contributed by atoms with E-state index in [9.17, 15) is 4.79 Å². The van der Waals surface area contributed by atoms with Crippen LogP contribution in [0.5, 0.6) is 0 Å². The molecule has 2 rings (SSSR count). The van der Waals surface area contributed by atoms with E-state index >= 15 is 0 Å². The van der Waals surface area contributed by atoms with Gasteiger partial charge < -0.3 is 4.90 Å². The van der Waals surface area contributed by atoms with Crippen LogP contribution in [0.4, 0.5) is 0 Å². The maximum atomic E-state index is 12.4. The van der Waals surface area contributed by atoms with Gasteiger partial charge in [0.2, 0.25) is 5.91 Å². The summed E-state index contributed by atoms with van der Waals surface area (Å²) in [6.45, 7) is 3.64. The summed E-state index contributed by atoms with van der Waals surface area (Å²) in [6.07, 6.45) is 15.8. The normalized spacial score (nSPS) is 13.7. The molecule has 146 valence electrons. The predicted molar refractivity (Wildman–Crippen MR) is 107 cm³/mol. The molecule has 0 saturated heterocycles. The predicted octanol–water partition coefficient (Wildman–Crippen LogP) is 5.72. The molecule has 0 aromatic carbocycles. The van der Waals surface area contributed by atoms with E-state index in [0.717, 1.165) is 30.6 Å². The average molecular weight is 380 g/mol. The summed E-state index contributed by atoms with van der Waals surface area (Å²) in [4.78, 5) is 14.4. The van der Waals surface area contributed by atoms with Crippen molar-refractivity contribution in [1.29, 1.82) is 0 Å². The Labute approximate surface area is 163 Å². The van der Waals surface area contributed by atoms with Gasteiger partial charge in [0.05, 0.1) is 5.69 Å². The van der Waals surface area contributed by atoms with Crippen molar-refractivity contribution < 1.29 is 4.79 Å². The second-order valence-corrected chi connectivity index (χ2v) is 7.88. The first-order valence-electron chi connectivity index (χ1n) is 10.5. The van der Waals surface area contributed by atoms with Gasteiger partial charge in [0, 0.05) is 25.9 Å². The summed E-state index contributed by atoms with van der Waals surface area (Å²) in [5, 5.41) is 8.41. The zero-order chi connectivity index (χ0) is 18.6. The van der Waals surface area contributed by atoms with Crippen LogP contribution >= 0.6 is 11.6 Å². The molecule has 0 fully saturated rings. The van der Waals surface area contributed by atoms with Crippen molar-refractivity contribution in [2.45, 2.75) is 96.9 Å². The van der Waals surface area contributed by atoms with Gasteiger partial charge in [0.1, 0.15) is 0 Å². The molecular formula is C21H34ClN3O. The highest BCUT2D eigenvalue weighted by atomic mass is 35.5. The van der Waals surface area contributed by atoms with Gasteiger partial charge >= 0.3 is 0 Å². The number of amides is 1. The zero-order valence-corrected chi connectivity index (χ0v) is 17.1. The van der Waals surface area contributed by atoms with Gasteiger partial charge in [0.15, 0.2) is 5.15 Å². The minimum Gasteiger partial charge on any atom is -0.338 e. The van der Waals surface area contributed by atoms with E-state index in [1.54, 1.807) is 0 Å². The monoisotopic (exact) mass is 379 g/mol. The van der Waals surface area contributed by atoms with E-state index in [1.807, 2.05) is 11.0 Å². The molecule has 26 heavy (non-hydrogen) atoms. The van der Waals surface area contributed by atoms with Gasteiger partial charge in [-0.1, -0.05) is 82.7 Å². The Hall–Kier alpha value is -1.16. The van der Waals surface area contributed by atoms with Crippen LogP contribution in [0.3, 0.4) is 0 Å². The highest BCUT2D eigenvalue weighted by Crippen LogP contribution is 2.20. The molecule has 0 spiro atoms. The van der Waals surface area contributed by atoms with Gasteiger partial charge in [-0.25, -0.2) is 0 Å². The molecule has 1 aromatic heterocycles. The molecule has 2 heterocycles. The fourth-order valence-electron chi connectivity index (χ4n) is 3.61. The number of hydrogen-bond donors (Lipinski definition) is 0. The second kappa shape index (κ2) is 12.3. The first-order valence-corrected chi connectivity index (χ1v) is 10.9. The largest absolute Gasteiger partial charge is 0.338 e. The number of hydrogen-bond acceptors (Lipinski definition) is 3. The molecule has 1 aliphatic rings. The third kappa shape index (κ3) is 7.61. The minimum atomic E-state index is 0.263. The summed E-state index contributed by atoms with van der Waals surface area (Å²) < 4.78 is 0. The maximum absolute atomic E-state index is 12.4. The lowest BCUT2D eigenvalue weighted by atomic mass is 10.0. The first kappa shape index (κ1) is 21.1. The van der Waals surface area contributed by atoms with Crippen LogP contribution < -0.4 is 0 Å². The van der Waals surface area contributed by atoms with Crippen molar-refractivity contribution in [3.05, 3.63) is 22.5 Å². The summed E-state index contributed by atoms with van der Waals surface area (Å²) >= 11 is 5.91. The van der Waals surface area contributed by atoms with Crippen LogP contribution in [0.2, 0.25) is 5.15 Å². The van der Waals surface area contributed by atoms with E-state index in [1.165, 1.54) is 64.2 Å². The molecule has 0 saturated carbocycles.